The van der Waals surface area contributed by atoms with Crippen LogP contribution in [0.3, 0.4) is 0 Å². The summed E-state index contributed by atoms with van der Waals surface area (Å²) in [5.41, 5.74) is 3.52. The largest absolute Gasteiger partial charge is 0.508 e. The lowest BCUT2D eigenvalue weighted by atomic mass is 10.0. The van der Waals surface area contributed by atoms with Crippen molar-refractivity contribution in [2.45, 2.75) is 31.7 Å². The number of nitrogens with one attached hydrogen (secondary N) is 1. The number of carbonyl (C=O) groups excluding carboxylic acids is 1. The van der Waals surface area contributed by atoms with E-state index in [1.807, 2.05) is 35.2 Å². The van der Waals surface area contributed by atoms with Gasteiger partial charge in [0.25, 0.3) is 0 Å². The second-order valence-electron chi connectivity index (χ2n) is 10.4. The molecule has 2 aliphatic rings. The van der Waals surface area contributed by atoms with Crippen molar-refractivity contribution >= 4 is 33.5 Å². The molecule has 2 N–H and O–H groups in total. The maximum absolute atomic E-state index is 12.6. The zero-order chi connectivity index (χ0) is 25.6. The quantitative estimate of drug-likeness (QED) is 0.319. The molecule has 2 fully saturated rings. The van der Waals surface area contributed by atoms with Gasteiger partial charge in [0.15, 0.2) is 0 Å². The molecular formula is C31H29N5O2. The first-order chi connectivity index (χ1) is 18.6. The van der Waals surface area contributed by atoms with Crippen LogP contribution in [0.1, 0.15) is 25.7 Å². The third-order valence-electron chi connectivity index (χ3n) is 7.66. The van der Waals surface area contributed by atoms with Crippen LogP contribution in [-0.2, 0) is 4.79 Å². The fourth-order valence-electron chi connectivity index (χ4n) is 5.58. The minimum Gasteiger partial charge on any atom is -0.508 e. The number of piperidine rings is 1. The SMILES string of the molecule is O=C(C1CC1)N1CCCC(Nc2cc(-n3c(-c4ccc5ccccc5c4)nc4ccc(O)cc43)ccn2)C1. The highest BCUT2D eigenvalue weighted by molar-refractivity contribution is 5.89. The van der Waals surface area contributed by atoms with Crippen molar-refractivity contribution in [3.63, 3.8) is 0 Å². The first-order valence-electron chi connectivity index (χ1n) is 13.3. The van der Waals surface area contributed by atoms with Crippen LogP contribution < -0.4 is 5.32 Å². The lowest BCUT2D eigenvalue weighted by Crippen LogP contribution is -2.45. The Hall–Kier alpha value is -4.39. The number of aromatic hydroxyl groups is 1. The summed E-state index contributed by atoms with van der Waals surface area (Å²) in [6.45, 7) is 1.56. The van der Waals surface area contributed by atoms with Gasteiger partial charge in [-0.15, -0.1) is 0 Å². The summed E-state index contributed by atoms with van der Waals surface area (Å²) >= 11 is 0. The zero-order valence-corrected chi connectivity index (χ0v) is 21.0. The van der Waals surface area contributed by atoms with Crippen LogP contribution in [0, 0.1) is 5.92 Å². The van der Waals surface area contributed by atoms with Gasteiger partial charge in [-0.05, 0) is 60.7 Å². The maximum Gasteiger partial charge on any atom is 0.225 e. The average molecular weight is 504 g/mol. The van der Waals surface area contributed by atoms with Crippen molar-refractivity contribution in [1.29, 1.82) is 0 Å². The molecule has 5 aromatic rings. The number of phenols is 1. The number of benzene rings is 3. The first kappa shape index (κ1) is 22.8. The molecular weight excluding hydrogens is 474 g/mol. The Kier molecular flexibility index (Phi) is 5.50. The summed E-state index contributed by atoms with van der Waals surface area (Å²) in [4.78, 5) is 24.2. The molecule has 1 unspecified atom stereocenters. The third kappa shape index (κ3) is 4.24. The van der Waals surface area contributed by atoms with Gasteiger partial charge >= 0.3 is 0 Å². The number of hydrogen-bond donors (Lipinski definition) is 2. The Morgan fingerprint density at radius 1 is 0.947 bits per heavy atom. The van der Waals surface area contributed by atoms with E-state index in [1.165, 1.54) is 5.39 Å². The smallest absolute Gasteiger partial charge is 0.225 e. The maximum atomic E-state index is 12.6. The van der Waals surface area contributed by atoms with Gasteiger partial charge < -0.3 is 15.3 Å². The highest BCUT2D eigenvalue weighted by atomic mass is 16.3. The molecule has 1 saturated carbocycles. The lowest BCUT2D eigenvalue weighted by molar-refractivity contribution is -0.133. The highest BCUT2D eigenvalue weighted by Gasteiger charge is 2.35. The predicted octanol–water partition coefficient (Wildman–Crippen LogP) is 5.76. The molecule has 1 aliphatic heterocycles. The van der Waals surface area contributed by atoms with Crippen LogP contribution >= 0.6 is 0 Å². The number of rotatable bonds is 5. The second kappa shape index (κ2) is 9.17. The van der Waals surface area contributed by atoms with Gasteiger partial charge in [-0.3, -0.25) is 9.36 Å². The van der Waals surface area contributed by atoms with E-state index in [0.29, 0.717) is 12.5 Å². The molecule has 1 atom stereocenters. The molecule has 0 bridgehead atoms. The first-order valence-corrected chi connectivity index (χ1v) is 13.3. The van der Waals surface area contributed by atoms with E-state index >= 15 is 0 Å². The zero-order valence-electron chi connectivity index (χ0n) is 21.0. The summed E-state index contributed by atoms with van der Waals surface area (Å²) in [5.74, 6) is 2.31. The van der Waals surface area contributed by atoms with Gasteiger partial charge in [-0.25, -0.2) is 9.97 Å². The van der Waals surface area contributed by atoms with Crippen LogP contribution in [0.2, 0.25) is 0 Å². The van der Waals surface area contributed by atoms with Crippen LogP contribution in [0.25, 0.3) is 38.9 Å². The highest BCUT2D eigenvalue weighted by Crippen LogP contribution is 2.34. The molecule has 7 heteroatoms. The molecule has 0 radical (unpaired) electrons. The van der Waals surface area contributed by atoms with Crippen molar-refractivity contribution in [2.24, 2.45) is 5.92 Å². The van der Waals surface area contributed by atoms with Crippen molar-refractivity contribution < 1.29 is 9.90 Å². The number of pyridine rings is 1. The Morgan fingerprint density at radius 3 is 2.68 bits per heavy atom. The number of aromatic nitrogens is 3. The summed E-state index contributed by atoms with van der Waals surface area (Å²) in [5, 5.41) is 16.2. The summed E-state index contributed by atoms with van der Waals surface area (Å²) in [6, 6.07) is 24.1. The minimum atomic E-state index is 0.165. The Labute approximate surface area is 220 Å². The van der Waals surface area contributed by atoms with Gasteiger partial charge in [0.1, 0.15) is 17.4 Å². The lowest BCUT2D eigenvalue weighted by Gasteiger charge is -2.33. The van der Waals surface area contributed by atoms with Crippen LogP contribution in [0.5, 0.6) is 5.75 Å². The van der Waals surface area contributed by atoms with Crippen LogP contribution in [-0.4, -0.2) is 49.6 Å². The summed E-state index contributed by atoms with van der Waals surface area (Å²) < 4.78 is 2.08. The molecule has 3 heterocycles. The number of anilines is 1. The van der Waals surface area contributed by atoms with E-state index in [0.717, 1.165) is 71.5 Å². The van der Waals surface area contributed by atoms with Gasteiger partial charge in [0.2, 0.25) is 5.91 Å². The van der Waals surface area contributed by atoms with E-state index < -0.39 is 0 Å². The normalized spacial score (nSPS) is 17.7. The number of likely N-dealkylation sites (tertiary alicyclic amines) is 1. The summed E-state index contributed by atoms with van der Waals surface area (Å²) in [7, 11) is 0. The molecule has 38 heavy (non-hydrogen) atoms. The average Bonchev–Trinajstić information content (AvgIpc) is 3.73. The number of phenolic OH excluding ortho intramolecular Hbond substituents is 1. The molecule has 1 aliphatic carbocycles. The number of imidazole rings is 1. The third-order valence-corrected chi connectivity index (χ3v) is 7.66. The summed E-state index contributed by atoms with van der Waals surface area (Å²) in [6.07, 6.45) is 5.86. The fraction of sp³-hybridized carbons (Fsp3) is 0.258. The fourth-order valence-corrected chi connectivity index (χ4v) is 5.58. The Balaban J connectivity index is 1.26. The molecule has 190 valence electrons. The van der Waals surface area contributed by atoms with E-state index in [2.05, 4.69) is 45.2 Å². The van der Waals surface area contributed by atoms with Crippen molar-refractivity contribution in [3.05, 3.63) is 79.0 Å². The second-order valence-corrected chi connectivity index (χ2v) is 10.4. The van der Waals surface area contributed by atoms with E-state index in [9.17, 15) is 9.90 Å². The number of fused-ring (bicyclic) bond motifs is 2. The predicted molar refractivity (Wildman–Crippen MR) is 149 cm³/mol. The number of nitrogens with zero attached hydrogens (tertiary/aromatic N) is 4. The molecule has 1 amide bonds. The Bertz CT molecular complexity index is 1670. The molecule has 7 rings (SSSR count). The monoisotopic (exact) mass is 503 g/mol. The topological polar surface area (TPSA) is 83.3 Å². The van der Waals surface area contributed by atoms with Gasteiger partial charge in [-0.1, -0.05) is 36.4 Å². The van der Waals surface area contributed by atoms with E-state index in [4.69, 9.17) is 4.98 Å². The molecule has 1 saturated heterocycles. The minimum absolute atomic E-state index is 0.165. The standard InChI is InChI=1S/C31H29N5O2/c37-26-11-12-27-28(18-26)36(30(34-27)23-10-7-20-4-1-2-5-22(20)16-23)25-13-14-32-29(17-25)33-24-6-3-15-35(19-24)31(38)21-8-9-21/h1-2,4-5,7,10-14,16-18,21,24,37H,3,6,8-9,15,19H2,(H,32,33). The molecule has 3 aromatic carbocycles. The van der Waals surface area contributed by atoms with Crippen molar-refractivity contribution in [2.75, 3.05) is 18.4 Å². The van der Waals surface area contributed by atoms with E-state index in [1.54, 1.807) is 18.3 Å². The van der Waals surface area contributed by atoms with Gasteiger partial charge in [-0.2, -0.15) is 0 Å². The van der Waals surface area contributed by atoms with Gasteiger partial charge in [0.05, 0.1) is 16.7 Å². The number of hydrogen-bond acceptors (Lipinski definition) is 5. The van der Waals surface area contributed by atoms with E-state index in [-0.39, 0.29) is 17.7 Å². The number of amides is 1. The molecule has 7 nitrogen and oxygen atoms in total. The van der Waals surface area contributed by atoms with Gasteiger partial charge in [0, 0.05) is 48.9 Å². The van der Waals surface area contributed by atoms with Crippen molar-refractivity contribution in [3.8, 4) is 22.8 Å². The number of carbonyl (C=O) groups is 1. The van der Waals surface area contributed by atoms with Crippen molar-refractivity contribution in [1.82, 2.24) is 19.4 Å². The Morgan fingerprint density at radius 2 is 1.82 bits per heavy atom. The van der Waals surface area contributed by atoms with Crippen LogP contribution in [0.4, 0.5) is 5.82 Å². The van der Waals surface area contributed by atoms with Crippen LogP contribution in [0.15, 0.2) is 79.0 Å². The molecule has 0 spiro atoms. The molecule has 2 aromatic heterocycles.